The fourth-order valence-electron chi connectivity index (χ4n) is 8.34. The molecule has 0 aliphatic heterocycles. The van der Waals surface area contributed by atoms with E-state index in [1.165, 1.54) is 51.4 Å². The second kappa shape index (κ2) is 7.37. The molecule has 4 rings (SSSR count). The van der Waals surface area contributed by atoms with Gasteiger partial charge < -0.3 is 10.2 Å². The maximum Gasteiger partial charge on any atom is 0.0657 e. The third-order valence-corrected chi connectivity index (χ3v) is 10.2. The zero-order valence-corrected chi connectivity index (χ0v) is 19.8. The van der Waals surface area contributed by atoms with Gasteiger partial charge in [-0.2, -0.15) is 0 Å². The Balaban J connectivity index is 1.44. The number of allylic oxidation sites excluding steroid dienone is 1. The molecule has 4 aliphatic rings. The summed E-state index contributed by atoms with van der Waals surface area (Å²) < 4.78 is 0. The van der Waals surface area contributed by atoms with Crippen LogP contribution in [0.5, 0.6) is 0 Å². The van der Waals surface area contributed by atoms with Crippen LogP contribution in [0.3, 0.4) is 0 Å². The second-order valence-electron chi connectivity index (χ2n) is 12.8. The van der Waals surface area contributed by atoms with Crippen molar-refractivity contribution in [1.82, 2.24) is 0 Å². The van der Waals surface area contributed by atoms with Crippen LogP contribution in [0, 0.1) is 34.5 Å². The SMILES string of the molecule is CC(C)(O)CCCCC1CCC2C3CC=C4CC(C)(O)CCC4(C)C3CCC12C. The van der Waals surface area contributed by atoms with Crippen molar-refractivity contribution < 1.29 is 10.2 Å². The van der Waals surface area contributed by atoms with Gasteiger partial charge in [0.1, 0.15) is 0 Å². The van der Waals surface area contributed by atoms with E-state index in [1.807, 2.05) is 20.8 Å². The predicted molar refractivity (Wildman–Crippen MR) is 121 cm³/mol. The number of hydrogen-bond donors (Lipinski definition) is 2. The first-order valence-corrected chi connectivity index (χ1v) is 12.6. The molecule has 2 N–H and O–H groups in total. The zero-order valence-electron chi connectivity index (χ0n) is 19.8. The summed E-state index contributed by atoms with van der Waals surface area (Å²) in [7, 11) is 0. The smallest absolute Gasteiger partial charge is 0.0657 e. The van der Waals surface area contributed by atoms with Gasteiger partial charge in [-0.25, -0.2) is 0 Å². The Bertz CT molecular complexity index is 641. The molecule has 2 nitrogen and oxygen atoms in total. The Morgan fingerprint density at radius 3 is 2.48 bits per heavy atom. The second-order valence-corrected chi connectivity index (χ2v) is 12.8. The molecule has 0 heterocycles. The normalized spacial score (nSPS) is 47.2. The molecule has 0 saturated heterocycles. The Kier molecular flexibility index (Phi) is 5.56. The largest absolute Gasteiger partial charge is 0.390 e. The summed E-state index contributed by atoms with van der Waals surface area (Å²) >= 11 is 0. The Morgan fingerprint density at radius 2 is 1.76 bits per heavy atom. The fourth-order valence-corrected chi connectivity index (χ4v) is 8.34. The van der Waals surface area contributed by atoms with E-state index >= 15 is 0 Å². The first-order valence-electron chi connectivity index (χ1n) is 12.6. The molecule has 2 heteroatoms. The summed E-state index contributed by atoms with van der Waals surface area (Å²) in [4.78, 5) is 0. The van der Waals surface area contributed by atoms with Gasteiger partial charge in [0.25, 0.3) is 0 Å². The van der Waals surface area contributed by atoms with Crippen LogP contribution < -0.4 is 0 Å². The van der Waals surface area contributed by atoms with E-state index in [-0.39, 0.29) is 0 Å². The number of fused-ring (bicyclic) bond motifs is 5. The van der Waals surface area contributed by atoms with Crippen LogP contribution in [-0.2, 0) is 0 Å². The predicted octanol–water partition coefficient (Wildman–Crippen LogP) is 6.65. The molecule has 0 amide bonds. The van der Waals surface area contributed by atoms with Crippen LogP contribution in [0.25, 0.3) is 0 Å². The molecular weight excluding hydrogens is 356 g/mol. The molecule has 0 radical (unpaired) electrons. The van der Waals surface area contributed by atoms with Crippen LogP contribution >= 0.6 is 0 Å². The molecule has 3 saturated carbocycles. The topological polar surface area (TPSA) is 40.5 Å². The summed E-state index contributed by atoms with van der Waals surface area (Å²) in [5.74, 6) is 3.50. The standard InChI is InChI=1S/C27H46O2/c1-24(2,28)14-7-6-8-19-10-12-22-21-11-9-20-18-25(3,29)16-17-27(20,5)23(21)13-15-26(19,22)4/h9,19,21-23,28-29H,6-8,10-18H2,1-5H3. The first kappa shape index (κ1) is 21.9. The van der Waals surface area contributed by atoms with Gasteiger partial charge in [0.15, 0.2) is 0 Å². The van der Waals surface area contributed by atoms with Crippen LogP contribution in [0.2, 0.25) is 0 Å². The Morgan fingerprint density at radius 1 is 1.00 bits per heavy atom. The summed E-state index contributed by atoms with van der Waals surface area (Å²) in [6, 6.07) is 0. The van der Waals surface area contributed by atoms with Gasteiger partial charge in [0.05, 0.1) is 11.2 Å². The number of aliphatic hydroxyl groups is 2. The van der Waals surface area contributed by atoms with E-state index in [0.29, 0.717) is 10.8 Å². The van der Waals surface area contributed by atoms with Crippen molar-refractivity contribution in [3.05, 3.63) is 11.6 Å². The van der Waals surface area contributed by atoms with Gasteiger partial charge >= 0.3 is 0 Å². The van der Waals surface area contributed by atoms with Crippen LogP contribution in [0.15, 0.2) is 11.6 Å². The first-order chi connectivity index (χ1) is 13.4. The molecular formula is C27H46O2. The van der Waals surface area contributed by atoms with E-state index in [1.54, 1.807) is 5.57 Å². The zero-order chi connectivity index (χ0) is 21.1. The van der Waals surface area contributed by atoms with Crippen molar-refractivity contribution in [3.8, 4) is 0 Å². The molecule has 7 unspecified atom stereocenters. The van der Waals surface area contributed by atoms with Gasteiger partial charge in [0.2, 0.25) is 0 Å². The molecule has 0 aromatic heterocycles. The van der Waals surface area contributed by atoms with Gasteiger partial charge in [-0.1, -0.05) is 38.3 Å². The molecule has 0 aromatic rings. The van der Waals surface area contributed by atoms with Gasteiger partial charge in [-0.05, 0) is 119 Å². The minimum Gasteiger partial charge on any atom is -0.390 e. The fraction of sp³-hybridized carbons (Fsp3) is 0.926. The van der Waals surface area contributed by atoms with E-state index in [2.05, 4.69) is 19.9 Å². The highest BCUT2D eigenvalue weighted by Crippen LogP contribution is 2.67. The summed E-state index contributed by atoms with van der Waals surface area (Å²) in [6.45, 7) is 11.1. The summed E-state index contributed by atoms with van der Waals surface area (Å²) in [5, 5.41) is 20.7. The van der Waals surface area contributed by atoms with Crippen molar-refractivity contribution in [2.45, 2.75) is 123 Å². The number of hydrogen-bond acceptors (Lipinski definition) is 2. The quantitative estimate of drug-likeness (QED) is 0.399. The van der Waals surface area contributed by atoms with Crippen LogP contribution in [-0.4, -0.2) is 21.4 Å². The lowest BCUT2D eigenvalue weighted by Crippen LogP contribution is -2.51. The summed E-state index contributed by atoms with van der Waals surface area (Å²) in [6.07, 6.45) is 17.3. The van der Waals surface area contributed by atoms with Crippen molar-refractivity contribution >= 4 is 0 Å². The average molecular weight is 403 g/mol. The molecule has 29 heavy (non-hydrogen) atoms. The monoisotopic (exact) mass is 402 g/mol. The molecule has 3 fully saturated rings. The highest BCUT2D eigenvalue weighted by Gasteiger charge is 2.58. The van der Waals surface area contributed by atoms with E-state index < -0.39 is 11.2 Å². The van der Waals surface area contributed by atoms with Gasteiger partial charge in [-0.15, -0.1) is 0 Å². The van der Waals surface area contributed by atoms with E-state index in [9.17, 15) is 10.2 Å². The third kappa shape index (κ3) is 3.98. The van der Waals surface area contributed by atoms with Crippen LogP contribution in [0.1, 0.15) is 112 Å². The average Bonchev–Trinajstić information content (AvgIpc) is 2.95. The molecule has 0 bridgehead atoms. The summed E-state index contributed by atoms with van der Waals surface area (Å²) in [5.41, 5.74) is 1.48. The third-order valence-electron chi connectivity index (χ3n) is 10.2. The van der Waals surface area contributed by atoms with Gasteiger partial charge in [-0.3, -0.25) is 0 Å². The number of rotatable bonds is 5. The van der Waals surface area contributed by atoms with Crippen molar-refractivity contribution in [1.29, 1.82) is 0 Å². The van der Waals surface area contributed by atoms with Crippen molar-refractivity contribution in [3.63, 3.8) is 0 Å². The molecule has 7 atom stereocenters. The lowest BCUT2D eigenvalue weighted by atomic mass is 9.46. The van der Waals surface area contributed by atoms with Crippen LogP contribution in [0.4, 0.5) is 0 Å². The van der Waals surface area contributed by atoms with Crippen molar-refractivity contribution in [2.75, 3.05) is 0 Å². The van der Waals surface area contributed by atoms with Crippen molar-refractivity contribution in [2.24, 2.45) is 34.5 Å². The highest BCUT2D eigenvalue weighted by atomic mass is 16.3. The molecule has 0 spiro atoms. The minimum absolute atomic E-state index is 0.345. The minimum atomic E-state index is -0.508. The lowest BCUT2D eigenvalue weighted by Gasteiger charge is -2.59. The maximum atomic E-state index is 10.6. The maximum absolute atomic E-state index is 10.6. The lowest BCUT2D eigenvalue weighted by molar-refractivity contribution is -0.0661. The van der Waals surface area contributed by atoms with E-state index in [4.69, 9.17) is 0 Å². The Labute approximate surface area is 179 Å². The Hall–Kier alpha value is -0.340. The number of unbranched alkanes of at least 4 members (excludes halogenated alkanes) is 1. The molecule has 4 aliphatic carbocycles. The highest BCUT2D eigenvalue weighted by molar-refractivity contribution is 5.26. The van der Waals surface area contributed by atoms with Gasteiger partial charge in [0, 0.05) is 0 Å². The molecule has 0 aromatic carbocycles. The molecule has 166 valence electrons. The van der Waals surface area contributed by atoms with E-state index in [0.717, 1.165) is 49.4 Å².